The topological polar surface area (TPSA) is 84.2 Å². The van der Waals surface area contributed by atoms with Gasteiger partial charge in [-0.1, -0.05) is 11.2 Å². The van der Waals surface area contributed by atoms with Crippen molar-refractivity contribution in [3.05, 3.63) is 35.5 Å². The zero-order chi connectivity index (χ0) is 13.5. The molecular formula is C12H13N3O3S. The van der Waals surface area contributed by atoms with Crippen LogP contribution in [0.3, 0.4) is 0 Å². The van der Waals surface area contributed by atoms with E-state index in [1.165, 1.54) is 6.07 Å². The van der Waals surface area contributed by atoms with Gasteiger partial charge in [-0.3, -0.25) is 0 Å². The summed E-state index contributed by atoms with van der Waals surface area (Å²) in [7, 11) is -3.65. The number of hydrogen-bond donors (Lipinski definition) is 2. The Morgan fingerprint density at radius 3 is 2.95 bits per heavy atom. The quantitative estimate of drug-likeness (QED) is 0.894. The number of benzene rings is 1. The van der Waals surface area contributed by atoms with Gasteiger partial charge in [-0.15, -0.1) is 0 Å². The number of hydrogen-bond acceptors (Lipinski definition) is 5. The maximum absolute atomic E-state index is 12.2. The van der Waals surface area contributed by atoms with Crippen LogP contribution in [0.1, 0.15) is 11.3 Å². The van der Waals surface area contributed by atoms with Gasteiger partial charge in [0.1, 0.15) is 0 Å². The van der Waals surface area contributed by atoms with Crippen molar-refractivity contribution in [2.24, 2.45) is 0 Å². The van der Waals surface area contributed by atoms with Crippen LogP contribution in [0, 0.1) is 6.92 Å². The molecule has 2 aromatic rings. The SMILES string of the molecule is Cc1cc(NS(=O)(=O)c2ccc3c(c2)NCC3)on1. The highest BCUT2D eigenvalue weighted by atomic mass is 32.2. The largest absolute Gasteiger partial charge is 0.384 e. The molecule has 0 spiro atoms. The highest BCUT2D eigenvalue weighted by Gasteiger charge is 2.19. The van der Waals surface area contributed by atoms with Crippen molar-refractivity contribution in [3.8, 4) is 0 Å². The summed E-state index contributed by atoms with van der Waals surface area (Å²) in [4.78, 5) is 0.203. The molecule has 1 aromatic carbocycles. The minimum Gasteiger partial charge on any atom is -0.384 e. The van der Waals surface area contributed by atoms with Crippen LogP contribution in [0.2, 0.25) is 0 Å². The van der Waals surface area contributed by atoms with Gasteiger partial charge in [0.05, 0.1) is 10.6 Å². The predicted molar refractivity (Wildman–Crippen MR) is 70.7 cm³/mol. The Morgan fingerprint density at radius 2 is 2.21 bits per heavy atom. The van der Waals surface area contributed by atoms with Crippen molar-refractivity contribution >= 4 is 21.6 Å². The summed E-state index contributed by atoms with van der Waals surface area (Å²) in [5.74, 6) is 0.117. The monoisotopic (exact) mass is 279 g/mol. The molecule has 19 heavy (non-hydrogen) atoms. The first kappa shape index (κ1) is 12.0. The van der Waals surface area contributed by atoms with Crippen molar-refractivity contribution in [1.29, 1.82) is 0 Å². The normalized spacial score (nSPS) is 13.9. The molecule has 3 rings (SSSR count). The smallest absolute Gasteiger partial charge is 0.264 e. The van der Waals surface area contributed by atoms with Gasteiger partial charge in [-0.05, 0) is 31.0 Å². The first-order chi connectivity index (χ1) is 9.04. The molecule has 2 heterocycles. The van der Waals surface area contributed by atoms with Gasteiger partial charge in [-0.2, -0.15) is 0 Å². The minimum absolute atomic E-state index is 0.117. The van der Waals surface area contributed by atoms with Crippen LogP contribution in [0.4, 0.5) is 11.6 Å². The van der Waals surface area contributed by atoms with Crippen molar-refractivity contribution in [1.82, 2.24) is 5.16 Å². The average Bonchev–Trinajstić information content (AvgIpc) is 2.96. The van der Waals surface area contributed by atoms with Gasteiger partial charge in [0, 0.05) is 18.3 Å². The molecule has 0 unspecified atom stereocenters. The first-order valence-corrected chi connectivity index (χ1v) is 7.36. The van der Waals surface area contributed by atoms with E-state index < -0.39 is 10.0 Å². The summed E-state index contributed by atoms with van der Waals surface area (Å²) in [6.07, 6.45) is 0.921. The van der Waals surface area contributed by atoms with Crippen molar-refractivity contribution in [2.75, 3.05) is 16.6 Å². The summed E-state index contributed by atoms with van der Waals surface area (Å²) in [5.41, 5.74) is 2.62. The number of aryl methyl sites for hydroxylation is 1. The molecule has 6 nitrogen and oxygen atoms in total. The Morgan fingerprint density at radius 1 is 1.37 bits per heavy atom. The Labute approximate surface area is 110 Å². The summed E-state index contributed by atoms with van der Waals surface area (Å²) in [6, 6.07) is 6.59. The number of sulfonamides is 1. The van der Waals surface area contributed by atoms with Crippen LogP contribution in [-0.4, -0.2) is 20.1 Å². The first-order valence-electron chi connectivity index (χ1n) is 5.87. The molecule has 0 fully saturated rings. The van der Waals surface area contributed by atoms with Crippen LogP contribution in [0.15, 0.2) is 33.7 Å². The third-order valence-electron chi connectivity index (χ3n) is 2.96. The average molecular weight is 279 g/mol. The number of anilines is 2. The summed E-state index contributed by atoms with van der Waals surface area (Å²) >= 11 is 0. The summed E-state index contributed by atoms with van der Waals surface area (Å²) in [5, 5.41) is 6.79. The summed E-state index contributed by atoms with van der Waals surface area (Å²) < 4.78 is 31.6. The standard InChI is InChI=1S/C12H13N3O3S/c1-8-6-12(18-14-8)15-19(16,17)10-3-2-9-4-5-13-11(9)7-10/h2-3,6-7,13,15H,4-5H2,1H3. The van der Waals surface area contributed by atoms with Crippen LogP contribution in [-0.2, 0) is 16.4 Å². The Kier molecular flexibility index (Phi) is 2.70. The highest BCUT2D eigenvalue weighted by Crippen LogP contribution is 2.26. The maximum atomic E-state index is 12.2. The molecule has 0 saturated heterocycles. The van der Waals surface area contributed by atoms with E-state index >= 15 is 0 Å². The molecule has 0 aliphatic carbocycles. The molecule has 100 valence electrons. The molecule has 0 radical (unpaired) electrons. The molecule has 1 aliphatic heterocycles. The van der Waals surface area contributed by atoms with Gasteiger partial charge >= 0.3 is 0 Å². The van der Waals surface area contributed by atoms with Crippen molar-refractivity contribution in [2.45, 2.75) is 18.2 Å². The molecule has 1 aliphatic rings. The summed E-state index contributed by atoms with van der Waals surface area (Å²) in [6.45, 7) is 2.56. The second-order valence-electron chi connectivity index (χ2n) is 4.43. The Balaban J connectivity index is 1.92. The van der Waals surface area contributed by atoms with E-state index in [4.69, 9.17) is 4.52 Å². The number of nitrogens with zero attached hydrogens (tertiary/aromatic N) is 1. The maximum Gasteiger partial charge on any atom is 0.264 e. The van der Waals surface area contributed by atoms with Gasteiger partial charge in [0.2, 0.25) is 5.88 Å². The Bertz CT molecular complexity index is 722. The number of aromatic nitrogens is 1. The fourth-order valence-corrected chi connectivity index (χ4v) is 3.04. The van der Waals surface area contributed by atoms with Gasteiger partial charge in [0.15, 0.2) is 0 Å². The molecule has 1 aromatic heterocycles. The number of rotatable bonds is 3. The zero-order valence-corrected chi connectivity index (χ0v) is 11.1. The van der Waals surface area contributed by atoms with Crippen molar-refractivity contribution in [3.63, 3.8) is 0 Å². The lowest BCUT2D eigenvalue weighted by atomic mass is 10.2. The second kappa shape index (κ2) is 4.27. The second-order valence-corrected chi connectivity index (χ2v) is 6.12. The fraction of sp³-hybridized carbons (Fsp3) is 0.250. The number of nitrogens with one attached hydrogen (secondary N) is 2. The van der Waals surface area contributed by atoms with E-state index in [1.54, 1.807) is 19.1 Å². The lowest BCUT2D eigenvalue weighted by molar-refractivity contribution is 0.430. The van der Waals surface area contributed by atoms with Crippen molar-refractivity contribution < 1.29 is 12.9 Å². The Hall–Kier alpha value is -2.02. The third kappa shape index (κ3) is 2.28. The lowest BCUT2D eigenvalue weighted by Gasteiger charge is -2.07. The molecule has 0 saturated carbocycles. The van der Waals surface area contributed by atoms with E-state index in [-0.39, 0.29) is 10.8 Å². The molecule has 0 amide bonds. The van der Waals surface area contributed by atoms with Gasteiger partial charge in [0.25, 0.3) is 10.0 Å². The fourth-order valence-electron chi connectivity index (χ4n) is 2.04. The molecule has 2 N–H and O–H groups in total. The predicted octanol–water partition coefficient (Wildman–Crippen LogP) is 1.75. The highest BCUT2D eigenvalue weighted by molar-refractivity contribution is 7.92. The minimum atomic E-state index is -3.65. The molecule has 0 atom stereocenters. The lowest BCUT2D eigenvalue weighted by Crippen LogP contribution is -2.12. The van der Waals surface area contributed by atoms with Crippen LogP contribution in [0.5, 0.6) is 0 Å². The molecule has 7 heteroatoms. The van der Waals surface area contributed by atoms with E-state index in [1.807, 2.05) is 6.07 Å². The number of fused-ring (bicyclic) bond motifs is 1. The third-order valence-corrected chi connectivity index (χ3v) is 4.31. The van der Waals surface area contributed by atoms with E-state index in [0.717, 1.165) is 24.2 Å². The van der Waals surface area contributed by atoms with E-state index in [2.05, 4.69) is 15.2 Å². The van der Waals surface area contributed by atoms with E-state index in [0.29, 0.717) is 5.69 Å². The van der Waals surface area contributed by atoms with Crippen LogP contribution < -0.4 is 10.0 Å². The van der Waals surface area contributed by atoms with Gasteiger partial charge < -0.3 is 9.84 Å². The van der Waals surface area contributed by atoms with Crippen LogP contribution in [0.25, 0.3) is 0 Å². The van der Waals surface area contributed by atoms with E-state index in [9.17, 15) is 8.42 Å². The molecule has 0 bridgehead atoms. The van der Waals surface area contributed by atoms with Crippen LogP contribution >= 0.6 is 0 Å². The van der Waals surface area contributed by atoms with Gasteiger partial charge in [-0.25, -0.2) is 13.1 Å². The zero-order valence-electron chi connectivity index (χ0n) is 10.3. The molecular weight excluding hydrogens is 266 g/mol.